The van der Waals surface area contributed by atoms with E-state index in [-0.39, 0.29) is 28.2 Å². The quantitative estimate of drug-likeness (QED) is 0.254. The van der Waals surface area contributed by atoms with E-state index in [1.165, 1.54) is 67.6 Å². The molecule has 4 aromatic carbocycles. The number of halogens is 4. The fourth-order valence-electron chi connectivity index (χ4n) is 4.44. The third-order valence-corrected chi connectivity index (χ3v) is 6.58. The van der Waals surface area contributed by atoms with Gasteiger partial charge >= 0.3 is 0 Å². The highest BCUT2D eigenvalue weighted by Crippen LogP contribution is 2.39. The van der Waals surface area contributed by atoms with Crippen LogP contribution in [0, 0.1) is 29.2 Å². The predicted molar refractivity (Wildman–Crippen MR) is 138 cm³/mol. The maximum Gasteiger partial charge on any atom is 0.146 e. The van der Waals surface area contributed by atoms with Crippen LogP contribution in [0.2, 0.25) is 0 Å². The Morgan fingerprint density at radius 1 is 0.474 bits per heavy atom. The normalized spacial score (nSPS) is 12.6. The molecule has 38 heavy (non-hydrogen) atoms. The molecule has 0 fully saturated rings. The second-order valence-electron chi connectivity index (χ2n) is 9.28. The van der Waals surface area contributed by atoms with Gasteiger partial charge in [-0.2, -0.15) is 0 Å². The van der Waals surface area contributed by atoms with Crippen molar-refractivity contribution in [3.8, 4) is 0 Å². The molecular weight excluding hydrogens is 496 g/mol. The van der Waals surface area contributed by atoms with Gasteiger partial charge in [0.1, 0.15) is 34.5 Å². The minimum absolute atomic E-state index is 0.0927. The summed E-state index contributed by atoms with van der Waals surface area (Å²) in [7, 11) is 0. The average Bonchev–Trinajstić information content (AvgIpc) is 2.89. The Hall–Kier alpha value is -3.52. The van der Waals surface area contributed by atoms with Gasteiger partial charge in [0, 0.05) is 22.3 Å². The molecule has 200 valence electrons. The standard InChI is InChI=1S/C16H16F2O.C15H14F2O2/c1-11(2)16(19,12-7-3-5-9-14(12)17)13-8-4-6-10-15(13)18;1-10(18)15(19,11-6-2-4-8-13(11)16)12-7-3-5-9-14(12)17/h3-11,19H,1-2H3;2-10,18-19H,1H3/t;10-/m.0/s1. The van der Waals surface area contributed by atoms with Crippen LogP contribution in [0.25, 0.3) is 0 Å². The summed E-state index contributed by atoms with van der Waals surface area (Å²) in [5.41, 5.74) is -3.94. The topological polar surface area (TPSA) is 60.7 Å². The smallest absolute Gasteiger partial charge is 0.146 e. The van der Waals surface area contributed by atoms with Crippen LogP contribution < -0.4 is 0 Å². The summed E-state index contributed by atoms with van der Waals surface area (Å²) < 4.78 is 55.7. The SMILES string of the molecule is CC(C)C(O)(c1ccccc1F)c1ccccc1F.C[C@H](O)C(O)(c1ccccc1F)c1ccccc1F. The highest BCUT2D eigenvalue weighted by Gasteiger charge is 2.41. The molecule has 0 heterocycles. The van der Waals surface area contributed by atoms with Crippen molar-refractivity contribution in [2.75, 3.05) is 0 Å². The third kappa shape index (κ3) is 5.50. The summed E-state index contributed by atoms with van der Waals surface area (Å²) >= 11 is 0. The van der Waals surface area contributed by atoms with Crippen molar-refractivity contribution < 1.29 is 32.9 Å². The fraction of sp³-hybridized carbons (Fsp3) is 0.226. The number of hydrogen-bond donors (Lipinski definition) is 3. The minimum atomic E-state index is -2.13. The van der Waals surface area contributed by atoms with Crippen LogP contribution in [0.3, 0.4) is 0 Å². The highest BCUT2D eigenvalue weighted by atomic mass is 19.1. The molecule has 0 radical (unpaired) electrons. The molecule has 1 atom stereocenters. The summed E-state index contributed by atoms with van der Waals surface area (Å²) in [6.45, 7) is 4.76. The van der Waals surface area contributed by atoms with Gasteiger partial charge in [0.25, 0.3) is 0 Å². The van der Waals surface area contributed by atoms with Crippen molar-refractivity contribution in [2.45, 2.75) is 38.1 Å². The molecule has 0 saturated carbocycles. The molecule has 3 N–H and O–H groups in total. The summed E-state index contributed by atoms with van der Waals surface area (Å²) in [5.74, 6) is -2.85. The monoisotopic (exact) mass is 526 g/mol. The molecule has 4 rings (SSSR count). The molecule has 7 heteroatoms. The maximum absolute atomic E-state index is 14.0. The van der Waals surface area contributed by atoms with Crippen LogP contribution in [-0.2, 0) is 11.2 Å². The first-order valence-corrected chi connectivity index (χ1v) is 12.1. The van der Waals surface area contributed by atoms with Crippen LogP contribution in [0.1, 0.15) is 43.0 Å². The largest absolute Gasteiger partial charge is 0.390 e. The molecule has 0 amide bonds. The van der Waals surface area contributed by atoms with E-state index in [1.807, 2.05) is 0 Å². The molecule has 0 spiro atoms. The van der Waals surface area contributed by atoms with E-state index < -0.39 is 40.6 Å². The van der Waals surface area contributed by atoms with E-state index in [0.29, 0.717) is 0 Å². The second-order valence-corrected chi connectivity index (χ2v) is 9.28. The predicted octanol–water partition coefficient (Wildman–Crippen LogP) is 6.44. The zero-order chi connectivity index (χ0) is 28.1. The van der Waals surface area contributed by atoms with E-state index in [9.17, 15) is 32.9 Å². The first-order chi connectivity index (χ1) is 18.0. The van der Waals surface area contributed by atoms with Crippen LogP contribution in [0.15, 0.2) is 97.1 Å². The molecule has 0 aromatic heterocycles. The Kier molecular flexibility index (Phi) is 9.09. The van der Waals surface area contributed by atoms with Gasteiger partial charge in [-0.25, -0.2) is 17.6 Å². The van der Waals surface area contributed by atoms with E-state index in [0.717, 1.165) is 12.1 Å². The molecule has 0 bridgehead atoms. The number of rotatable bonds is 6. The maximum atomic E-state index is 14.0. The van der Waals surface area contributed by atoms with Crippen molar-refractivity contribution in [3.05, 3.63) is 143 Å². The number of aliphatic hydroxyl groups excluding tert-OH is 1. The van der Waals surface area contributed by atoms with Gasteiger partial charge < -0.3 is 15.3 Å². The molecule has 0 aliphatic carbocycles. The third-order valence-electron chi connectivity index (χ3n) is 6.58. The van der Waals surface area contributed by atoms with Gasteiger partial charge in [0.05, 0.1) is 6.10 Å². The Morgan fingerprint density at radius 2 is 0.711 bits per heavy atom. The van der Waals surface area contributed by atoms with Gasteiger partial charge in [-0.05, 0) is 37.1 Å². The first kappa shape index (κ1) is 29.0. The lowest BCUT2D eigenvalue weighted by Crippen LogP contribution is -2.40. The van der Waals surface area contributed by atoms with Crippen LogP contribution >= 0.6 is 0 Å². The minimum Gasteiger partial charge on any atom is -0.390 e. The molecule has 0 aliphatic heterocycles. The molecule has 4 aromatic rings. The fourth-order valence-corrected chi connectivity index (χ4v) is 4.44. The molecular formula is C31H30F4O3. The molecule has 0 unspecified atom stereocenters. The lowest BCUT2D eigenvalue weighted by Gasteiger charge is -2.33. The van der Waals surface area contributed by atoms with E-state index in [2.05, 4.69) is 0 Å². The lowest BCUT2D eigenvalue weighted by molar-refractivity contribution is -0.0439. The summed E-state index contributed by atoms with van der Waals surface area (Å²) in [5, 5.41) is 31.4. The zero-order valence-corrected chi connectivity index (χ0v) is 21.2. The zero-order valence-electron chi connectivity index (χ0n) is 21.2. The molecule has 0 aliphatic rings. The summed E-state index contributed by atoms with van der Waals surface area (Å²) in [6, 6.07) is 22.8. The Morgan fingerprint density at radius 3 is 0.921 bits per heavy atom. The molecule has 0 saturated heterocycles. The average molecular weight is 527 g/mol. The van der Waals surface area contributed by atoms with Crippen molar-refractivity contribution >= 4 is 0 Å². The van der Waals surface area contributed by atoms with Gasteiger partial charge in [0.2, 0.25) is 0 Å². The van der Waals surface area contributed by atoms with Crippen molar-refractivity contribution in [1.82, 2.24) is 0 Å². The Labute approximate surface area is 219 Å². The van der Waals surface area contributed by atoms with Crippen LogP contribution in [0.5, 0.6) is 0 Å². The number of benzene rings is 4. The van der Waals surface area contributed by atoms with Gasteiger partial charge in [0.15, 0.2) is 0 Å². The number of hydrogen-bond acceptors (Lipinski definition) is 3. The van der Waals surface area contributed by atoms with Gasteiger partial charge in [-0.3, -0.25) is 0 Å². The lowest BCUT2D eigenvalue weighted by atomic mass is 9.77. The van der Waals surface area contributed by atoms with Crippen molar-refractivity contribution in [1.29, 1.82) is 0 Å². The Bertz CT molecular complexity index is 1170. The van der Waals surface area contributed by atoms with Crippen molar-refractivity contribution in [3.63, 3.8) is 0 Å². The number of aliphatic hydroxyl groups is 3. The van der Waals surface area contributed by atoms with Crippen LogP contribution in [-0.4, -0.2) is 21.4 Å². The second kappa shape index (κ2) is 11.9. The van der Waals surface area contributed by atoms with Gasteiger partial charge in [-0.1, -0.05) is 86.6 Å². The molecule has 3 nitrogen and oxygen atoms in total. The summed E-state index contributed by atoms with van der Waals surface area (Å²) in [6.07, 6.45) is -1.37. The first-order valence-electron chi connectivity index (χ1n) is 12.1. The van der Waals surface area contributed by atoms with E-state index >= 15 is 0 Å². The van der Waals surface area contributed by atoms with Crippen molar-refractivity contribution in [2.24, 2.45) is 5.92 Å². The highest BCUT2D eigenvalue weighted by molar-refractivity contribution is 5.40. The Balaban J connectivity index is 0.000000211. The van der Waals surface area contributed by atoms with Crippen LogP contribution in [0.4, 0.5) is 17.6 Å². The van der Waals surface area contributed by atoms with E-state index in [4.69, 9.17) is 0 Å². The summed E-state index contributed by atoms with van der Waals surface area (Å²) in [4.78, 5) is 0. The van der Waals surface area contributed by atoms with E-state index in [1.54, 1.807) is 38.1 Å². The van der Waals surface area contributed by atoms with Gasteiger partial charge in [-0.15, -0.1) is 0 Å².